The summed E-state index contributed by atoms with van der Waals surface area (Å²) in [5.41, 5.74) is 5.78. The quantitative estimate of drug-likeness (QED) is 0.861. The molecule has 1 unspecified atom stereocenters. The van der Waals surface area contributed by atoms with Crippen LogP contribution in [-0.4, -0.2) is 6.04 Å². The second-order valence-corrected chi connectivity index (χ2v) is 5.36. The van der Waals surface area contributed by atoms with E-state index >= 15 is 0 Å². The van der Waals surface area contributed by atoms with Crippen LogP contribution in [-0.2, 0) is 19.3 Å². The molecule has 0 aromatic heterocycles. The van der Waals surface area contributed by atoms with Crippen LogP contribution in [0.4, 0.5) is 5.69 Å². The van der Waals surface area contributed by atoms with E-state index in [1.54, 1.807) is 0 Å². The third-order valence-electron chi connectivity index (χ3n) is 4.10. The number of para-hydroxylation sites is 1. The van der Waals surface area contributed by atoms with Crippen molar-refractivity contribution in [2.75, 3.05) is 5.32 Å². The first-order valence-corrected chi connectivity index (χ1v) is 7.28. The monoisotopic (exact) mass is 251 g/mol. The van der Waals surface area contributed by atoms with Crippen LogP contribution in [0.5, 0.6) is 0 Å². The molecule has 1 heteroatoms. The van der Waals surface area contributed by atoms with E-state index in [1.807, 2.05) is 0 Å². The van der Waals surface area contributed by atoms with Crippen LogP contribution < -0.4 is 5.32 Å². The average molecular weight is 251 g/mol. The van der Waals surface area contributed by atoms with E-state index in [9.17, 15) is 0 Å². The Balaban J connectivity index is 1.75. The van der Waals surface area contributed by atoms with Gasteiger partial charge in [-0.1, -0.05) is 49.4 Å². The van der Waals surface area contributed by atoms with E-state index in [4.69, 9.17) is 0 Å². The molecule has 2 aromatic carbocycles. The van der Waals surface area contributed by atoms with Crippen molar-refractivity contribution in [3.05, 3.63) is 65.2 Å². The zero-order valence-electron chi connectivity index (χ0n) is 11.5. The second-order valence-electron chi connectivity index (χ2n) is 5.36. The van der Waals surface area contributed by atoms with Gasteiger partial charge in [0.25, 0.3) is 0 Å². The van der Waals surface area contributed by atoms with Crippen LogP contribution in [0.25, 0.3) is 0 Å². The maximum atomic E-state index is 3.74. The highest BCUT2D eigenvalue weighted by atomic mass is 14.9. The van der Waals surface area contributed by atoms with Gasteiger partial charge in [0.1, 0.15) is 0 Å². The first-order chi connectivity index (χ1) is 9.36. The SMILES string of the molecule is CCc1ccccc1NC1CCc2ccccc2C1. The Morgan fingerprint density at radius 3 is 2.58 bits per heavy atom. The fourth-order valence-corrected chi connectivity index (χ4v) is 3.01. The largest absolute Gasteiger partial charge is 0.382 e. The van der Waals surface area contributed by atoms with Crippen LogP contribution in [0.2, 0.25) is 0 Å². The molecule has 0 amide bonds. The third-order valence-corrected chi connectivity index (χ3v) is 4.10. The Morgan fingerprint density at radius 2 is 1.74 bits per heavy atom. The van der Waals surface area contributed by atoms with Gasteiger partial charge in [-0.05, 0) is 48.4 Å². The van der Waals surface area contributed by atoms with Crippen LogP contribution >= 0.6 is 0 Å². The first-order valence-electron chi connectivity index (χ1n) is 7.28. The molecule has 0 bridgehead atoms. The van der Waals surface area contributed by atoms with Crippen molar-refractivity contribution in [3.63, 3.8) is 0 Å². The second kappa shape index (κ2) is 5.48. The first kappa shape index (κ1) is 12.3. The highest BCUT2D eigenvalue weighted by molar-refractivity contribution is 5.52. The lowest BCUT2D eigenvalue weighted by Gasteiger charge is -2.27. The van der Waals surface area contributed by atoms with Crippen molar-refractivity contribution in [3.8, 4) is 0 Å². The molecular weight excluding hydrogens is 230 g/mol. The minimum Gasteiger partial charge on any atom is -0.382 e. The van der Waals surface area contributed by atoms with Crippen molar-refractivity contribution in [1.29, 1.82) is 0 Å². The summed E-state index contributed by atoms with van der Waals surface area (Å²) in [7, 11) is 0. The van der Waals surface area contributed by atoms with Gasteiger partial charge in [0, 0.05) is 11.7 Å². The van der Waals surface area contributed by atoms with Gasteiger partial charge in [0.2, 0.25) is 0 Å². The van der Waals surface area contributed by atoms with Gasteiger partial charge < -0.3 is 5.32 Å². The molecule has 0 heterocycles. The Hall–Kier alpha value is -1.76. The predicted molar refractivity (Wildman–Crippen MR) is 81.7 cm³/mol. The molecule has 0 radical (unpaired) electrons. The summed E-state index contributed by atoms with van der Waals surface area (Å²) >= 11 is 0. The van der Waals surface area contributed by atoms with Gasteiger partial charge in [-0.25, -0.2) is 0 Å². The van der Waals surface area contributed by atoms with Crippen LogP contribution in [0.15, 0.2) is 48.5 Å². The van der Waals surface area contributed by atoms with Crippen molar-refractivity contribution in [2.24, 2.45) is 0 Å². The molecule has 1 N–H and O–H groups in total. The van der Waals surface area contributed by atoms with E-state index in [-0.39, 0.29) is 0 Å². The summed E-state index contributed by atoms with van der Waals surface area (Å²) in [4.78, 5) is 0. The van der Waals surface area contributed by atoms with Gasteiger partial charge >= 0.3 is 0 Å². The summed E-state index contributed by atoms with van der Waals surface area (Å²) in [5.74, 6) is 0. The van der Waals surface area contributed by atoms with E-state index < -0.39 is 0 Å². The number of nitrogens with one attached hydrogen (secondary N) is 1. The van der Waals surface area contributed by atoms with Gasteiger partial charge in [-0.3, -0.25) is 0 Å². The highest BCUT2D eigenvalue weighted by Crippen LogP contribution is 2.25. The Bertz CT molecular complexity index is 559. The zero-order valence-corrected chi connectivity index (χ0v) is 11.5. The molecule has 3 rings (SSSR count). The molecule has 1 aliphatic rings. The number of fused-ring (bicyclic) bond motifs is 1. The third kappa shape index (κ3) is 2.65. The Morgan fingerprint density at radius 1 is 1.00 bits per heavy atom. The van der Waals surface area contributed by atoms with Gasteiger partial charge in [0.05, 0.1) is 0 Å². The lowest BCUT2D eigenvalue weighted by molar-refractivity contribution is 0.610. The molecular formula is C18H21N. The zero-order chi connectivity index (χ0) is 13.1. The molecule has 0 aliphatic heterocycles. The van der Waals surface area contributed by atoms with Crippen molar-refractivity contribution in [2.45, 2.75) is 38.6 Å². The molecule has 1 atom stereocenters. The molecule has 1 aliphatic carbocycles. The molecule has 2 aromatic rings. The number of rotatable bonds is 3. The normalized spacial score (nSPS) is 17.8. The van der Waals surface area contributed by atoms with Crippen LogP contribution in [0.1, 0.15) is 30.0 Å². The molecule has 0 saturated carbocycles. The molecule has 0 saturated heterocycles. The van der Waals surface area contributed by atoms with Crippen molar-refractivity contribution in [1.82, 2.24) is 0 Å². The van der Waals surface area contributed by atoms with Crippen molar-refractivity contribution >= 4 is 5.69 Å². The van der Waals surface area contributed by atoms with E-state index in [0.29, 0.717) is 6.04 Å². The lowest BCUT2D eigenvalue weighted by atomic mass is 9.88. The number of aryl methyl sites for hydroxylation is 2. The van der Waals surface area contributed by atoms with Crippen LogP contribution in [0, 0.1) is 0 Å². The fourth-order valence-electron chi connectivity index (χ4n) is 3.01. The molecule has 98 valence electrons. The average Bonchev–Trinajstić information content (AvgIpc) is 2.48. The number of hydrogen-bond acceptors (Lipinski definition) is 1. The molecule has 1 nitrogen and oxygen atoms in total. The maximum absolute atomic E-state index is 3.74. The highest BCUT2D eigenvalue weighted by Gasteiger charge is 2.18. The standard InChI is InChI=1S/C18H21N/c1-2-14-7-5-6-10-18(14)19-17-12-11-15-8-3-4-9-16(15)13-17/h3-10,17,19H,2,11-13H2,1H3. The van der Waals surface area contributed by atoms with E-state index in [1.165, 1.54) is 35.2 Å². The Labute approximate surface area is 115 Å². The summed E-state index contributed by atoms with van der Waals surface area (Å²) < 4.78 is 0. The maximum Gasteiger partial charge on any atom is 0.0374 e. The number of anilines is 1. The summed E-state index contributed by atoms with van der Waals surface area (Å²) in [5, 5.41) is 3.74. The smallest absolute Gasteiger partial charge is 0.0374 e. The van der Waals surface area contributed by atoms with Crippen LogP contribution in [0.3, 0.4) is 0 Å². The van der Waals surface area contributed by atoms with Gasteiger partial charge in [-0.2, -0.15) is 0 Å². The number of benzene rings is 2. The van der Waals surface area contributed by atoms with E-state index in [2.05, 4.69) is 60.8 Å². The number of hydrogen-bond donors (Lipinski definition) is 1. The fraction of sp³-hybridized carbons (Fsp3) is 0.333. The topological polar surface area (TPSA) is 12.0 Å². The summed E-state index contributed by atoms with van der Waals surface area (Å²) in [6.07, 6.45) is 4.66. The molecule has 0 spiro atoms. The predicted octanol–water partition coefficient (Wildman–Crippen LogP) is 4.22. The van der Waals surface area contributed by atoms with Gasteiger partial charge in [-0.15, -0.1) is 0 Å². The van der Waals surface area contributed by atoms with E-state index in [0.717, 1.165) is 12.8 Å². The minimum absolute atomic E-state index is 0.572. The summed E-state index contributed by atoms with van der Waals surface area (Å²) in [6.45, 7) is 2.22. The lowest BCUT2D eigenvalue weighted by Crippen LogP contribution is -2.27. The minimum atomic E-state index is 0.572. The summed E-state index contributed by atoms with van der Waals surface area (Å²) in [6, 6.07) is 18.1. The Kier molecular flexibility index (Phi) is 3.54. The van der Waals surface area contributed by atoms with Crippen molar-refractivity contribution < 1.29 is 0 Å². The molecule has 19 heavy (non-hydrogen) atoms. The molecule has 0 fully saturated rings. The van der Waals surface area contributed by atoms with Gasteiger partial charge in [0.15, 0.2) is 0 Å².